The van der Waals surface area contributed by atoms with Gasteiger partial charge in [0.15, 0.2) is 5.56 Å². The van der Waals surface area contributed by atoms with Crippen LogP contribution in [0.25, 0.3) is 6.08 Å². The maximum absolute atomic E-state index is 11.4. The number of aliphatic hydroxyl groups is 2. The van der Waals surface area contributed by atoms with Crippen LogP contribution in [-0.4, -0.2) is 58.7 Å². The summed E-state index contributed by atoms with van der Waals surface area (Å²) < 4.78 is 10.6. The van der Waals surface area contributed by atoms with Crippen LogP contribution in [0.4, 0.5) is 0 Å². The summed E-state index contributed by atoms with van der Waals surface area (Å²) in [6.07, 6.45) is 4.89. The summed E-state index contributed by atoms with van der Waals surface area (Å²) in [7, 11) is 1.27. The number of carbonyl (C=O) groups is 1. The van der Waals surface area contributed by atoms with E-state index in [1.165, 1.54) is 12.0 Å². The Labute approximate surface area is 163 Å². The van der Waals surface area contributed by atoms with Gasteiger partial charge in [-0.25, -0.2) is 4.90 Å². The molecule has 0 spiro atoms. The molecule has 1 aliphatic carbocycles. The first-order valence-corrected chi connectivity index (χ1v) is 9.93. The number of nitrogens with zero attached hydrogens (tertiary/aromatic N) is 1. The third-order valence-corrected chi connectivity index (χ3v) is 5.93. The van der Waals surface area contributed by atoms with E-state index in [9.17, 15) is 15.0 Å². The number of hydrogen-bond acceptors (Lipinski definition) is 8. The molecule has 3 rings (SSSR count). The summed E-state index contributed by atoms with van der Waals surface area (Å²) in [5, 5.41) is 20.4. The molecule has 2 unspecified atom stereocenters. The van der Waals surface area contributed by atoms with E-state index in [1.807, 2.05) is 24.3 Å². The van der Waals surface area contributed by atoms with Crippen LogP contribution in [0, 0.1) is 0 Å². The zero-order valence-corrected chi connectivity index (χ0v) is 16.1. The first-order chi connectivity index (χ1) is 13.0. The molecule has 1 heterocycles. The van der Waals surface area contributed by atoms with E-state index in [0.29, 0.717) is 10.9 Å². The largest absolute Gasteiger partial charge is 0.490 e. The first-order valence-electron chi connectivity index (χ1n) is 9.05. The normalized spacial score (nSPS) is 30.4. The molecule has 1 aromatic carbocycles. The second-order valence-electron chi connectivity index (χ2n) is 6.84. The predicted octanol–water partition coefficient (Wildman–Crippen LogP) is 1.49. The van der Waals surface area contributed by atoms with Crippen LogP contribution in [0.1, 0.15) is 31.2 Å². The van der Waals surface area contributed by atoms with Crippen LogP contribution in [0.15, 0.2) is 29.2 Å². The number of benzene rings is 1. The average molecular weight is 394 g/mol. The molecule has 8 heteroatoms. The van der Waals surface area contributed by atoms with Crippen molar-refractivity contribution in [3.05, 3.63) is 34.7 Å². The van der Waals surface area contributed by atoms with Crippen molar-refractivity contribution in [2.75, 3.05) is 13.7 Å². The van der Waals surface area contributed by atoms with Gasteiger partial charge in [0.1, 0.15) is 18.5 Å². The number of methoxy groups -OCH3 is 1. The minimum atomic E-state index is -1.05. The summed E-state index contributed by atoms with van der Waals surface area (Å²) in [5.41, 5.74) is 5.80. The molecule has 0 amide bonds. The van der Waals surface area contributed by atoms with Gasteiger partial charge in [-0.05, 0) is 49.5 Å². The van der Waals surface area contributed by atoms with E-state index in [2.05, 4.69) is 4.74 Å². The highest BCUT2D eigenvalue weighted by molar-refractivity contribution is 8.03. The molecular weight excluding hydrogens is 368 g/mol. The van der Waals surface area contributed by atoms with Crippen molar-refractivity contribution in [1.29, 1.82) is 0 Å². The summed E-state index contributed by atoms with van der Waals surface area (Å²) in [4.78, 5) is 13.2. The fourth-order valence-corrected chi connectivity index (χ4v) is 4.26. The number of thioether (sulfide) groups is 1. The smallest absolute Gasteiger partial charge is 0.320 e. The Morgan fingerprint density at radius 3 is 2.56 bits per heavy atom. The highest BCUT2D eigenvalue weighted by atomic mass is 32.2. The third-order valence-electron chi connectivity index (χ3n) is 4.84. The minimum absolute atomic E-state index is 0.180. The Balaban J connectivity index is 1.61. The van der Waals surface area contributed by atoms with Crippen molar-refractivity contribution < 1.29 is 24.5 Å². The van der Waals surface area contributed by atoms with Crippen molar-refractivity contribution in [2.24, 2.45) is 5.73 Å². The number of ether oxygens (including phenoxy) is 2. The topological polar surface area (TPSA) is 105 Å². The van der Waals surface area contributed by atoms with Gasteiger partial charge in [-0.1, -0.05) is 23.9 Å². The Hall–Kier alpha value is -1.58. The minimum Gasteiger partial charge on any atom is -0.490 e. The number of carbonyl (C=O) groups excluding carboxylic acids is 1. The van der Waals surface area contributed by atoms with Crippen molar-refractivity contribution in [3.63, 3.8) is 0 Å². The number of nitrogens with two attached hydrogens (primary N) is 1. The van der Waals surface area contributed by atoms with Gasteiger partial charge in [-0.3, -0.25) is 4.79 Å². The third kappa shape index (κ3) is 5.24. The van der Waals surface area contributed by atoms with Gasteiger partial charge < -0.3 is 25.4 Å². The van der Waals surface area contributed by atoms with Gasteiger partial charge in [-0.15, -0.1) is 0 Å². The van der Waals surface area contributed by atoms with Crippen molar-refractivity contribution >= 4 is 23.8 Å². The summed E-state index contributed by atoms with van der Waals surface area (Å²) in [6.45, 7) is -0.180. The van der Waals surface area contributed by atoms with Crippen molar-refractivity contribution in [3.8, 4) is 5.75 Å². The van der Waals surface area contributed by atoms with Crippen LogP contribution in [-0.2, 0) is 9.53 Å². The Morgan fingerprint density at radius 1 is 1.26 bits per heavy atom. The maximum Gasteiger partial charge on any atom is 0.320 e. The number of aliphatic hydroxyl groups excluding tert-OH is 2. The molecule has 1 aliphatic heterocycles. The maximum atomic E-state index is 11.4. The van der Waals surface area contributed by atoms with Gasteiger partial charge in [0, 0.05) is 10.9 Å². The van der Waals surface area contributed by atoms with Crippen LogP contribution in [0.5, 0.6) is 5.75 Å². The lowest BCUT2D eigenvalue weighted by Crippen LogP contribution is -2.40. The summed E-state index contributed by atoms with van der Waals surface area (Å²) in [5.74, 6) is 0.296. The molecule has 7 nitrogen and oxygen atoms in total. The zero-order valence-electron chi connectivity index (χ0n) is 15.3. The fourth-order valence-electron chi connectivity index (χ4n) is 3.23. The SMILES string of the molecule is COC(=O)CN1C(O)S/C(=C\c2ccc(OC3CCC(N)CC3)cc2)C1O. The van der Waals surface area contributed by atoms with E-state index in [0.717, 1.165) is 48.8 Å². The van der Waals surface area contributed by atoms with Gasteiger partial charge in [0.05, 0.1) is 13.2 Å². The highest BCUT2D eigenvalue weighted by Crippen LogP contribution is 2.37. The average Bonchev–Trinajstić information content (AvgIpc) is 2.92. The standard InChI is InChI=1S/C19H26N2O5S/c1-25-17(22)11-21-18(23)16(27-19(21)24)10-12-2-6-14(7-3-12)26-15-8-4-13(20)5-9-15/h2-3,6-7,10,13,15,18-19,23-24H,4-5,8-9,11,20H2,1H3/b16-10-. The lowest BCUT2D eigenvalue weighted by Gasteiger charge is -2.26. The quantitative estimate of drug-likeness (QED) is 0.645. The van der Waals surface area contributed by atoms with Crippen LogP contribution >= 0.6 is 11.8 Å². The van der Waals surface area contributed by atoms with Gasteiger partial charge in [-0.2, -0.15) is 0 Å². The van der Waals surface area contributed by atoms with Crippen molar-refractivity contribution in [1.82, 2.24) is 4.90 Å². The predicted molar refractivity (Wildman–Crippen MR) is 104 cm³/mol. The fraction of sp³-hybridized carbons (Fsp3) is 0.526. The molecule has 27 heavy (non-hydrogen) atoms. The van der Waals surface area contributed by atoms with E-state index in [1.54, 1.807) is 6.08 Å². The molecule has 1 aromatic rings. The molecule has 0 aromatic heterocycles. The molecule has 2 atom stereocenters. The molecule has 148 valence electrons. The van der Waals surface area contributed by atoms with E-state index in [-0.39, 0.29) is 12.6 Å². The molecule has 0 bridgehead atoms. The number of hydrogen-bond donors (Lipinski definition) is 3. The van der Waals surface area contributed by atoms with E-state index >= 15 is 0 Å². The Bertz CT molecular complexity index is 673. The first kappa shape index (κ1) is 20.2. The Morgan fingerprint density at radius 2 is 1.93 bits per heavy atom. The van der Waals surface area contributed by atoms with E-state index < -0.39 is 17.8 Å². The molecule has 0 radical (unpaired) electrons. The van der Waals surface area contributed by atoms with Crippen LogP contribution < -0.4 is 10.5 Å². The van der Waals surface area contributed by atoms with E-state index in [4.69, 9.17) is 10.5 Å². The summed E-state index contributed by atoms with van der Waals surface area (Å²) in [6, 6.07) is 7.90. The number of rotatable bonds is 5. The second kappa shape index (κ2) is 9.07. The molecule has 2 aliphatic rings. The molecule has 1 saturated carbocycles. The molecule has 1 saturated heterocycles. The molecule has 2 fully saturated rings. The van der Waals surface area contributed by atoms with Crippen molar-refractivity contribution in [2.45, 2.75) is 49.6 Å². The lowest BCUT2D eigenvalue weighted by molar-refractivity contribution is -0.146. The monoisotopic (exact) mass is 394 g/mol. The second-order valence-corrected chi connectivity index (χ2v) is 7.97. The lowest BCUT2D eigenvalue weighted by atomic mass is 9.94. The number of esters is 1. The molecule has 4 N–H and O–H groups in total. The van der Waals surface area contributed by atoms with Gasteiger partial charge in [0.2, 0.25) is 0 Å². The van der Waals surface area contributed by atoms with Gasteiger partial charge in [0.25, 0.3) is 0 Å². The highest BCUT2D eigenvalue weighted by Gasteiger charge is 2.37. The Kier molecular flexibility index (Phi) is 6.78. The summed E-state index contributed by atoms with van der Waals surface area (Å²) >= 11 is 1.10. The zero-order chi connectivity index (χ0) is 19.4. The van der Waals surface area contributed by atoms with Gasteiger partial charge >= 0.3 is 5.97 Å². The van der Waals surface area contributed by atoms with Crippen LogP contribution in [0.2, 0.25) is 0 Å². The van der Waals surface area contributed by atoms with Crippen LogP contribution in [0.3, 0.4) is 0 Å². The molecular formula is C19H26N2O5S.